The normalized spacial score (nSPS) is 19.4. The molecular weight excluding hydrogens is 281 g/mol. The Hall–Kier alpha value is -0.780. The Kier molecular flexibility index (Phi) is 7.49. The van der Waals surface area contributed by atoms with Crippen LogP contribution in [-0.4, -0.2) is 43.2 Å². The van der Waals surface area contributed by atoms with Crippen molar-refractivity contribution in [1.29, 1.82) is 0 Å². The van der Waals surface area contributed by atoms with Gasteiger partial charge in [-0.15, -0.1) is 0 Å². The molecule has 0 saturated carbocycles. The van der Waals surface area contributed by atoms with Crippen LogP contribution in [0.3, 0.4) is 0 Å². The monoisotopic (exact) mass is 308 g/mol. The van der Waals surface area contributed by atoms with Crippen molar-refractivity contribution >= 4 is 6.21 Å². The summed E-state index contributed by atoms with van der Waals surface area (Å²) >= 11 is 0. The molecule has 1 fully saturated rings. The summed E-state index contributed by atoms with van der Waals surface area (Å²) in [5, 5.41) is 5.70. The molecule has 0 aromatic rings. The smallest absolute Gasteiger partial charge is 0.363 e. The minimum absolute atomic E-state index is 0.0615. The molecule has 0 aromatic heterocycles. The van der Waals surface area contributed by atoms with Gasteiger partial charge in [-0.05, 0) is 25.7 Å². The molecule has 1 saturated heterocycles. The lowest BCUT2D eigenvalue weighted by atomic mass is 9.96. The highest BCUT2D eigenvalue weighted by atomic mass is 19.4. The van der Waals surface area contributed by atoms with Crippen molar-refractivity contribution in [3.8, 4) is 0 Å². The number of nitrogens with zero attached hydrogens (tertiary/aromatic N) is 2. The summed E-state index contributed by atoms with van der Waals surface area (Å²) < 4.78 is 45.0. The van der Waals surface area contributed by atoms with Gasteiger partial charge in [0.15, 0.2) is 5.60 Å². The number of hydrogen-bond donors (Lipinski definition) is 0. The van der Waals surface area contributed by atoms with E-state index in [2.05, 4.69) is 12.0 Å². The van der Waals surface area contributed by atoms with E-state index in [1.165, 1.54) is 0 Å². The topological polar surface area (TPSA) is 24.8 Å². The molecular formula is C15H27F3N2O. The van der Waals surface area contributed by atoms with Crippen LogP contribution in [0.2, 0.25) is 0 Å². The van der Waals surface area contributed by atoms with Gasteiger partial charge in [-0.1, -0.05) is 32.6 Å². The average Bonchev–Trinajstić information content (AvgIpc) is 2.94. The van der Waals surface area contributed by atoms with Crippen molar-refractivity contribution in [1.82, 2.24) is 5.01 Å². The molecule has 3 nitrogen and oxygen atoms in total. The summed E-state index contributed by atoms with van der Waals surface area (Å²) in [7, 11) is 1.12. The molecule has 0 N–H and O–H groups in total. The van der Waals surface area contributed by atoms with Crippen LogP contribution in [0.25, 0.3) is 0 Å². The van der Waals surface area contributed by atoms with Crippen LogP contribution < -0.4 is 0 Å². The third-order valence-electron chi connectivity index (χ3n) is 4.01. The molecule has 1 unspecified atom stereocenters. The zero-order chi connectivity index (χ0) is 15.8. The maximum absolute atomic E-state index is 13.4. The molecule has 0 aliphatic carbocycles. The van der Waals surface area contributed by atoms with Crippen molar-refractivity contribution in [2.24, 2.45) is 5.10 Å². The molecule has 21 heavy (non-hydrogen) atoms. The molecule has 124 valence electrons. The molecule has 1 rings (SSSR count). The third kappa shape index (κ3) is 5.49. The maximum atomic E-state index is 13.4. The molecule has 0 bridgehead atoms. The van der Waals surface area contributed by atoms with Crippen molar-refractivity contribution in [3.63, 3.8) is 0 Å². The van der Waals surface area contributed by atoms with E-state index in [1.807, 2.05) is 0 Å². The number of methoxy groups -OCH3 is 1. The van der Waals surface area contributed by atoms with Gasteiger partial charge in [-0.3, -0.25) is 5.01 Å². The molecule has 1 aliphatic heterocycles. The fourth-order valence-corrected chi connectivity index (χ4v) is 2.53. The molecule has 0 aromatic carbocycles. The van der Waals surface area contributed by atoms with Crippen LogP contribution in [0.5, 0.6) is 0 Å². The van der Waals surface area contributed by atoms with E-state index in [9.17, 15) is 13.2 Å². The Morgan fingerprint density at radius 3 is 2.24 bits per heavy atom. The Labute approximate surface area is 125 Å². The molecule has 6 heteroatoms. The number of hydrogen-bond acceptors (Lipinski definition) is 3. The largest absolute Gasteiger partial charge is 0.422 e. The number of unbranched alkanes of at least 4 members (excludes halogenated alkanes) is 4. The van der Waals surface area contributed by atoms with E-state index in [-0.39, 0.29) is 6.42 Å². The van der Waals surface area contributed by atoms with Gasteiger partial charge in [0.2, 0.25) is 0 Å². The van der Waals surface area contributed by atoms with Gasteiger partial charge in [-0.2, -0.15) is 18.3 Å². The Morgan fingerprint density at radius 2 is 1.71 bits per heavy atom. The van der Waals surface area contributed by atoms with Crippen LogP contribution in [0.15, 0.2) is 5.10 Å². The van der Waals surface area contributed by atoms with Crippen molar-refractivity contribution in [3.05, 3.63) is 0 Å². The van der Waals surface area contributed by atoms with Gasteiger partial charge in [0.1, 0.15) is 0 Å². The summed E-state index contributed by atoms with van der Waals surface area (Å²) in [5.74, 6) is 0. The van der Waals surface area contributed by atoms with E-state index in [1.54, 1.807) is 5.01 Å². The van der Waals surface area contributed by atoms with Gasteiger partial charge in [0.05, 0.1) is 6.21 Å². The second-order valence-corrected chi connectivity index (χ2v) is 5.66. The molecule has 1 aliphatic rings. The first-order chi connectivity index (χ1) is 9.95. The second-order valence-electron chi connectivity index (χ2n) is 5.66. The van der Waals surface area contributed by atoms with Crippen molar-refractivity contribution in [2.45, 2.75) is 70.1 Å². The first kappa shape index (κ1) is 18.3. The number of alkyl halides is 3. The van der Waals surface area contributed by atoms with E-state index in [4.69, 9.17) is 4.74 Å². The zero-order valence-corrected chi connectivity index (χ0v) is 13.1. The molecule has 0 radical (unpaired) electrons. The summed E-state index contributed by atoms with van der Waals surface area (Å²) in [6.07, 6.45) is 2.85. The van der Waals surface area contributed by atoms with Gasteiger partial charge in [-0.25, -0.2) is 0 Å². The van der Waals surface area contributed by atoms with Crippen molar-refractivity contribution in [2.75, 3.05) is 20.2 Å². The fourth-order valence-electron chi connectivity index (χ4n) is 2.53. The van der Waals surface area contributed by atoms with E-state index < -0.39 is 11.8 Å². The van der Waals surface area contributed by atoms with Gasteiger partial charge in [0.25, 0.3) is 0 Å². The zero-order valence-electron chi connectivity index (χ0n) is 13.1. The lowest BCUT2D eigenvalue weighted by Crippen LogP contribution is -2.49. The fraction of sp³-hybridized carbons (Fsp3) is 0.933. The lowest BCUT2D eigenvalue weighted by Gasteiger charge is -2.31. The van der Waals surface area contributed by atoms with Crippen LogP contribution >= 0.6 is 0 Å². The SMILES string of the molecule is CCCCCCCC(/C=N/N1CCCC1)(OC)C(F)(F)F. The number of rotatable bonds is 9. The quantitative estimate of drug-likeness (QED) is 0.466. The van der Waals surface area contributed by atoms with Gasteiger partial charge in [0, 0.05) is 20.2 Å². The van der Waals surface area contributed by atoms with Crippen LogP contribution in [0.4, 0.5) is 13.2 Å². The first-order valence-corrected chi connectivity index (χ1v) is 7.87. The highest BCUT2D eigenvalue weighted by molar-refractivity contribution is 5.70. The van der Waals surface area contributed by atoms with E-state index in [0.717, 1.165) is 64.9 Å². The van der Waals surface area contributed by atoms with Gasteiger partial charge >= 0.3 is 6.18 Å². The molecule has 1 heterocycles. The van der Waals surface area contributed by atoms with Crippen molar-refractivity contribution < 1.29 is 17.9 Å². The highest BCUT2D eigenvalue weighted by Gasteiger charge is 2.54. The number of hydrazone groups is 1. The second kappa shape index (κ2) is 8.61. The first-order valence-electron chi connectivity index (χ1n) is 7.87. The predicted octanol–water partition coefficient (Wildman–Crippen LogP) is 4.38. The van der Waals surface area contributed by atoms with Crippen LogP contribution in [-0.2, 0) is 4.74 Å². The standard InChI is InChI=1S/C15H27F3N2O/c1-3-4-5-6-7-10-14(21-2,15(16,17)18)13-19-20-11-8-9-12-20/h13H,3-12H2,1-2H3/b19-13+. The Balaban J connectivity index is 2.64. The maximum Gasteiger partial charge on any atom is 0.422 e. The average molecular weight is 308 g/mol. The Bertz CT molecular complexity index is 315. The third-order valence-corrected chi connectivity index (χ3v) is 4.01. The van der Waals surface area contributed by atoms with Gasteiger partial charge < -0.3 is 4.74 Å². The van der Waals surface area contributed by atoms with Crippen LogP contribution in [0.1, 0.15) is 58.3 Å². The van der Waals surface area contributed by atoms with Crippen LogP contribution in [0, 0.1) is 0 Å². The minimum atomic E-state index is -4.43. The minimum Gasteiger partial charge on any atom is -0.363 e. The lowest BCUT2D eigenvalue weighted by molar-refractivity contribution is -0.240. The van der Waals surface area contributed by atoms with E-state index >= 15 is 0 Å². The molecule has 0 spiro atoms. The molecule has 0 amide bonds. The van der Waals surface area contributed by atoms with E-state index in [0.29, 0.717) is 6.42 Å². The summed E-state index contributed by atoms with van der Waals surface area (Å²) in [5.41, 5.74) is -2.25. The predicted molar refractivity (Wildman–Crippen MR) is 78.5 cm³/mol. The summed E-state index contributed by atoms with van der Waals surface area (Å²) in [6, 6.07) is 0. The number of ether oxygens (including phenoxy) is 1. The number of halogens is 3. The molecule has 1 atom stereocenters. The Morgan fingerprint density at radius 1 is 1.10 bits per heavy atom. The summed E-state index contributed by atoms with van der Waals surface area (Å²) in [4.78, 5) is 0. The highest BCUT2D eigenvalue weighted by Crippen LogP contribution is 2.36. The summed E-state index contributed by atoms with van der Waals surface area (Å²) in [6.45, 7) is 3.53.